The quantitative estimate of drug-likeness (QED) is 0.552. The summed E-state index contributed by atoms with van der Waals surface area (Å²) in [6.45, 7) is 13.2. The lowest BCUT2D eigenvalue weighted by Crippen LogP contribution is -2.54. The predicted octanol–water partition coefficient (Wildman–Crippen LogP) is 0.930. The lowest BCUT2D eigenvalue weighted by molar-refractivity contribution is 0.0772. The molecule has 2 rings (SSSR count). The molecule has 2 saturated heterocycles. The van der Waals surface area contributed by atoms with E-state index in [1.807, 2.05) is 6.08 Å². The Morgan fingerprint density at radius 3 is 3.12 bits per heavy atom. The number of nitrogens with zero attached hydrogens (tertiary/aromatic N) is 2. The molecular formula is C13H25N3. The second-order valence-corrected chi connectivity index (χ2v) is 5.12. The summed E-state index contributed by atoms with van der Waals surface area (Å²) in [6.07, 6.45) is 4.74. The van der Waals surface area contributed by atoms with Crippen LogP contribution in [0.25, 0.3) is 0 Å². The summed E-state index contributed by atoms with van der Waals surface area (Å²) in [6, 6.07) is 1.50. The van der Waals surface area contributed by atoms with E-state index in [1.165, 1.54) is 39.0 Å². The number of nitrogens with one attached hydrogen (secondary N) is 1. The Morgan fingerprint density at radius 2 is 2.31 bits per heavy atom. The van der Waals surface area contributed by atoms with Crippen LogP contribution in [0.2, 0.25) is 0 Å². The van der Waals surface area contributed by atoms with Gasteiger partial charge in [-0.3, -0.25) is 9.80 Å². The summed E-state index contributed by atoms with van der Waals surface area (Å²) >= 11 is 0. The summed E-state index contributed by atoms with van der Waals surface area (Å²) in [5.74, 6) is 0. The van der Waals surface area contributed by atoms with Gasteiger partial charge in [0.1, 0.15) is 0 Å². The van der Waals surface area contributed by atoms with Crippen molar-refractivity contribution in [3.8, 4) is 0 Å². The molecule has 0 amide bonds. The van der Waals surface area contributed by atoms with E-state index >= 15 is 0 Å². The normalized spacial score (nSPS) is 28.9. The largest absolute Gasteiger partial charge is 0.312 e. The molecule has 16 heavy (non-hydrogen) atoms. The minimum Gasteiger partial charge on any atom is -0.312 e. The van der Waals surface area contributed by atoms with Crippen molar-refractivity contribution in [2.24, 2.45) is 0 Å². The molecule has 0 aliphatic carbocycles. The van der Waals surface area contributed by atoms with Crippen molar-refractivity contribution in [1.29, 1.82) is 0 Å². The van der Waals surface area contributed by atoms with E-state index in [2.05, 4.69) is 28.6 Å². The van der Waals surface area contributed by atoms with Crippen LogP contribution in [0.5, 0.6) is 0 Å². The molecule has 3 nitrogen and oxygen atoms in total. The molecule has 2 unspecified atom stereocenters. The van der Waals surface area contributed by atoms with Crippen LogP contribution in [0, 0.1) is 0 Å². The first kappa shape index (κ1) is 12.1. The summed E-state index contributed by atoms with van der Waals surface area (Å²) in [7, 11) is 0. The zero-order valence-electron chi connectivity index (χ0n) is 10.5. The van der Waals surface area contributed by atoms with Crippen LogP contribution >= 0.6 is 0 Å². The van der Waals surface area contributed by atoms with Crippen LogP contribution in [0.15, 0.2) is 12.7 Å². The number of fused-ring (bicyclic) bond motifs is 1. The SMILES string of the molecule is C=CCNCC(C)N1CCN2CCCC2C1. The summed E-state index contributed by atoms with van der Waals surface area (Å²) in [4.78, 5) is 5.31. The third-order valence-electron chi connectivity index (χ3n) is 3.97. The van der Waals surface area contributed by atoms with Gasteiger partial charge in [0.25, 0.3) is 0 Å². The smallest absolute Gasteiger partial charge is 0.0224 e. The molecule has 2 aliphatic rings. The molecular weight excluding hydrogens is 198 g/mol. The average Bonchev–Trinajstić information content (AvgIpc) is 2.76. The van der Waals surface area contributed by atoms with Crippen LogP contribution in [-0.4, -0.2) is 61.2 Å². The van der Waals surface area contributed by atoms with Crippen LogP contribution in [-0.2, 0) is 0 Å². The zero-order valence-corrected chi connectivity index (χ0v) is 10.5. The Labute approximate surface area is 99.5 Å². The van der Waals surface area contributed by atoms with E-state index in [0.717, 1.165) is 19.1 Å². The van der Waals surface area contributed by atoms with Crippen LogP contribution in [0.3, 0.4) is 0 Å². The van der Waals surface area contributed by atoms with E-state index < -0.39 is 0 Å². The molecule has 1 N–H and O–H groups in total. The Balaban J connectivity index is 1.74. The summed E-state index contributed by atoms with van der Waals surface area (Å²) < 4.78 is 0. The van der Waals surface area contributed by atoms with Crippen molar-refractivity contribution < 1.29 is 0 Å². The fourth-order valence-corrected chi connectivity index (χ4v) is 2.94. The third kappa shape index (κ3) is 2.84. The maximum absolute atomic E-state index is 3.73. The zero-order chi connectivity index (χ0) is 11.4. The molecule has 92 valence electrons. The van der Waals surface area contributed by atoms with E-state index in [0.29, 0.717) is 6.04 Å². The van der Waals surface area contributed by atoms with Crippen molar-refractivity contribution in [3.05, 3.63) is 12.7 Å². The van der Waals surface area contributed by atoms with Gasteiger partial charge in [0, 0.05) is 44.8 Å². The molecule has 0 bridgehead atoms. The standard InChI is InChI=1S/C13H25N3/c1-3-6-14-10-12(2)16-9-8-15-7-4-5-13(15)11-16/h3,12-14H,1,4-11H2,2H3. The molecule has 0 spiro atoms. The summed E-state index contributed by atoms with van der Waals surface area (Å²) in [5.41, 5.74) is 0. The van der Waals surface area contributed by atoms with Gasteiger partial charge in [0.2, 0.25) is 0 Å². The highest BCUT2D eigenvalue weighted by Gasteiger charge is 2.31. The molecule has 3 heteroatoms. The first-order valence-electron chi connectivity index (χ1n) is 6.61. The molecule has 2 fully saturated rings. The van der Waals surface area contributed by atoms with E-state index in [4.69, 9.17) is 0 Å². The molecule has 0 aromatic carbocycles. The van der Waals surface area contributed by atoms with Gasteiger partial charge in [0.15, 0.2) is 0 Å². The number of rotatable bonds is 5. The van der Waals surface area contributed by atoms with Gasteiger partial charge in [-0.05, 0) is 26.3 Å². The van der Waals surface area contributed by atoms with Gasteiger partial charge in [-0.1, -0.05) is 6.08 Å². The highest BCUT2D eigenvalue weighted by molar-refractivity contribution is 4.89. The van der Waals surface area contributed by atoms with Crippen molar-refractivity contribution in [3.63, 3.8) is 0 Å². The van der Waals surface area contributed by atoms with Gasteiger partial charge >= 0.3 is 0 Å². The highest BCUT2D eigenvalue weighted by Crippen LogP contribution is 2.22. The molecule has 2 atom stereocenters. The molecule has 2 aliphatic heterocycles. The minimum atomic E-state index is 0.655. The molecule has 0 aromatic rings. The number of piperazine rings is 1. The second kappa shape index (κ2) is 5.80. The summed E-state index contributed by atoms with van der Waals surface area (Å²) in [5, 5.41) is 3.42. The molecule has 0 radical (unpaired) electrons. The van der Waals surface area contributed by atoms with Crippen LogP contribution in [0.4, 0.5) is 0 Å². The molecule has 0 aromatic heterocycles. The first-order valence-corrected chi connectivity index (χ1v) is 6.61. The van der Waals surface area contributed by atoms with E-state index in [1.54, 1.807) is 0 Å². The van der Waals surface area contributed by atoms with Gasteiger partial charge in [-0.2, -0.15) is 0 Å². The van der Waals surface area contributed by atoms with Gasteiger partial charge < -0.3 is 5.32 Å². The van der Waals surface area contributed by atoms with E-state index in [9.17, 15) is 0 Å². The first-order chi connectivity index (χ1) is 7.81. The lowest BCUT2D eigenvalue weighted by Gasteiger charge is -2.40. The second-order valence-electron chi connectivity index (χ2n) is 5.12. The van der Waals surface area contributed by atoms with Gasteiger partial charge in [0.05, 0.1) is 0 Å². The van der Waals surface area contributed by atoms with Gasteiger partial charge in [-0.25, -0.2) is 0 Å². The topological polar surface area (TPSA) is 18.5 Å². The van der Waals surface area contributed by atoms with Crippen molar-refractivity contribution in [2.75, 3.05) is 39.3 Å². The third-order valence-corrected chi connectivity index (χ3v) is 3.97. The highest BCUT2D eigenvalue weighted by atomic mass is 15.3. The predicted molar refractivity (Wildman–Crippen MR) is 68.7 cm³/mol. The fourth-order valence-electron chi connectivity index (χ4n) is 2.94. The maximum Gasteiger partial charge on any atom is 0.0224 e. The van der Waals surface area contributed by atoms with Crippen LogP contribution < -0.4 is 5.32 Å². The fraction of sp³-hybridized carbons (Fsp3) is 0.846. The van der Waals surface area contributed by atoms with E-state index in [-0.39, 0.29) is 0 Å². The Hall–Kier alpha value is -0.380. The van der Waals surface area contributed by atoms with Crippen LogP contribution in [0.1, 0.15) is 19.8 Å². The van der Waals surface area contributed by atoms with Crippen molar-refractivity contribution in [1.82, 2.24) is 15.1 Å². The van der Waals surface area contributed by atoms with Gasteiger partial charge in [-0.15, -0.1) is 6.58 Å². The Kier molecular flexibility index (Phi) is 4.38. The lowest BCUT2D eigenvalue weighted by atomic mass is 10.1. The van der Waals surface area contributed by atoms with Crippen molar-refractivity contribution >= 4 is 0 Å². The molecule has 2 heterocycles. The van der Waals surface area contributed by atoms with Crippen molar-refractivity contribution in [2.45, 2.75) is 31.8 Å². The maximum atomic E-state index is 3.73. The monoisotopic (exact) mass is 223 g/mol. The number of hydrogen-bond donors (Lipinski definition) is 1. The molecule has 0 saturated carbocycles. The Bertz CT molecular complexity index is 229. The number of hydrogen-bond acceptors (Lipinski definition) is 3. The Morgan fingerprint density at radius 1 is 1.44 bits per heavy atom. The average molecular weight is 223 g/mol. The minimum absolute atomic E-state index is 0.655.